The highest BCUT2D eigenvalue weighted by Gasteiger charge is 2.08. The molecule has 0 aliphatic carbocycles. The predicted molar refractivity (Wildman–Crippen MR) is 45.4 cm³/mol. The molecule has 0 heterocycles. The Labute approximate surface area is 78.5 Å². The first-order valence-corrected chi connectivity index (χ1v) is 3.55. The predicted octanol–water partition coefficient (Wildman–Crippen LogP) is 1.08. The maximum absolute atomic E-state index is 10.1. The molecule has 0 bridgehead atoms. The minimum Gasteiger partial charge on any atom is -0.480 e. The molecule has 0 amide bonds. The van der Waals surface area contributed by atoms with Gasteiger partial charge in [0.15, 0.2) is 0 Å². The van der Waals surface area contributed by atoms with E-state index >= 15 is 0 Å². The smallest absolute Gasteiger partial charge is 0.329 e. The van der Waals surface area contributed by atoms with Crippen LogP contribution in [0.4, 0.5) is 0 Å². The molecule has 0 aromatic heterocycles. The van der Waals surface area contributed by atoms with E-state index in [0.717, 1.165) is 0 Å². The first-order valence-electron chi connectivity index (χ1n) is 3.55. The van der Waals surface area contributed by atoms with Crippen LogP contribution in [0, 0.1) is 0 Å². The van der Waals surface area contributed by atoms with Crippen molar-refractivity contribution in [2.75, 3.05) is 19.7 Å². The molecule has 0 rings (SSSR count). The fourth-order valence-corrected chi connectivity index (χ4v) is 0.607. The van der Waals surface area contributed by atoms with Crippen LogP contribution in [0.2, 0.25) is 0 Å². The van der Waals surface area contributed by atoms with Gasteiger partial charge in [-0.05, 0) is 11.1 Å². The summed E-state index contributed by atoms with van der Waals surface area (Å²) < 4.78 is 4.78. The number of carboxylic acids is 1. The Kier molecular flexibility index (Phi) is 6.62. The van der Waals surface area contributed by atoms with Crippen LogP contribution < -0.4 is 0 Å². The third kappa shape index (κ3) is 6.74. The highest BCUT2D eigenvalue weighted by Crippen LogP contribution is 1.95. The zero-order valence-corrected chi connectivity index (χ0v) is 7.15. The molecule has 0 saturated carbocycles. The number of carbonyl (C=O) groups is 1. The first kappa shape index (κ1) is 12.0. The van der Waals surface area contributed by atoms with E-state index < -0.39 is 18.7 Å². The molecule has 0 radical (unpaired) electrons. The van der Waals surface area contributed by atoms with Crippen molar-refractivity contribution < 1.29 is 14.6 Å². The first-order chi connectivity index (χ1) is 6.70. The van der Waals surface area contributed by atoms with Gasteiger partial charge in [0.25, 0.3) is 0 Å². The minimum absolute atomic E-state index is 0.0667. The van der Waals surface area contributed by atoms with Gasteiger partial charge < -0.3 is 9.84 Å². The van der Waals surface area contributed by atoms with Gasteiger partial charge in [0.1, 0.15) is 6.61 Å². The lowest BCUT2D eigenvalue weighted by Gasteiger charge is -2.10. The van der Waals surface area contributed by atoms with Gasteiger partial charge in [0.2, 0.25) is 0 Å². The molecule has 1 N–H and O–H groups in total. The molecule has 0 fully saturated rings. The second-order valence-corrected chi connectivity index (χ2v) is 2.15. The highest BCUT2D eigenvalue weighted by molar-refractivity contribution is 5.68. The second-order valence-electron chi connectivity index (χ2n) is 2.15. The van der Waals surface area contributed by atoms with Crippen LogP contribution in [-0.2, 0) is 9.53 Å². The van der Waals surface area contributed by atoms with Crippen molar-refractivity contribution in [2.24, 2.45) is 10.2 Å². The van der Waals surface area contributed by atoms with Crippen molar-refractivity contribution in [1.82, 2.24) is 0 Å². The van der Waals surface area contributed by atoms with E-state index in [4.69, 9.17) is 20.9 Å². The molecule has 0 aliphatic rings. The molecule has 0 aromatic rings. The van der Waals surface area contributed by atoms with E-state index in [0.29, 0.717) is 0 Å². The lowest BCUT2D eigenvalue weighted by molar-refractivity contribution is -0.143. The fourth-order valence-electron chi connectivity index (χ4n) is 0.607. The number of ether oxygens (including phenoxy) is 1. The summed E-state index contributed by atoms with van der Waals surface area (Å²) in [5.41, 5.74) is 16.0. The van der Waals surface area contributed by atoms with Crippen molar-refractivity contribution in [3.05, 3.63) is 20.9 Å². The number of nitrogens with zero attached hydrogens (tertiary/aromatic N) is 6. The van der Waals surface area contributed by atoms with Gasteiger partial charge in [-0.15, -0.1) is 0 Å². The Morgan fingerprint density at radius 1 is 1.36 bits per heavy atom. The van der Waals surface area contributed by atoms with E-state index in [1.54, 1.807) is 0 Å². The van der Waals surface area contributed by atoms with Crippen LogP contribution in [0.25, 0.3) is 20.9 Å². The van der Waals surface area contributed by atoms with Gasteiger partial charge in [-0.3, -0.25) is 0 Å². The van der Waals surface area contributed by atoms with Crippen molar-refractivity contribution in [2.45, 2.75) is 6.10 Å². The molecule has 0 unspecified atom stereocenters. The molecule has 14 heavy (non-hydrogen) atoms. The average molecular weight is 200 g/mol. The summed E-state index contributed by atoms with van der Waals surface area (Å²) in [4.78, 5) is 15.1. The van der Waals surface area contributed by atoms with E-state index in [1.807, 2.05) is 0 Å². The highest BCUT2D eigenvalue weighted by atomic mass is 16.5. The number of aliphatic carboxylic acids is 1. The maximum atomic E-state index is 10.1. The second kappa shape index (κ2) is 7.69. The van der Waals surface area contributed by atoms with E-state index in [-0.39, 0.29) is 13.1 Å². The largest absolute Gasteiger partial charge is 0.480 e. The topological polar surface area (TPSA) is 144 Å². The Balaban J connectivity index is 4.01. The number of hydrogen-bond acceptors (Lipinski definition) is 4. The Morgan fingerprint density at radius 3 is 2.21 bits per heavy atom. The molecule has 76 valence electrons. The Morgan fingerprint density at radius 2 is 1.86 bits per heavy atom. The van der Waals surface area contributed by atoms with Crippen LogP contribution in [-0.4, -0.2) is 36.9 Å². The van der Waals surface area contributed by atoms with Crippen LogP contribution >= 0.6 is 0 Å². The summed E-state index contributed by atoms with van der Waals surface area (Å²) in [7, 11) is 0. The standard InChI is InChI=1S/C5H8N6O3/c6-10-8-1-4(2-9-11-7)14-3-5(12)13/h4H,1-3H2,(H,12,13). The summed E-state index contributed by atoms with van der Waals surface area (Å²) in [5.74, 6) is -1.14. The fraction of sp³-hybridized carbons (Fsp3) is 0.800. The maximum Gasteiger partial charge on any atom is 0.329 e. The number of azide groups is 2. The summed E-state index contributed by atoms with van der Waals surface area (Å²) >= 11 is 0. The van der Waals surface area contributed by atoms with Gasteiger partial charge in [-0.1, -0.05) is 10.2 Å². The summed E-state index contributed by atoms with van der Waals surface area (Å²) in [6, 6.07) is 0. The van der Waals surface area contributed by atoms with Crippen LogP contribution in [0.15, 0.2) is 10.2 Å². The van der Waals surface area contributed by atoms with E-state index in [2.05, 4.69) is 20.1 Å². The summed E-state index contributed by atoms with van der Waals surface area (Å²) in [6.45, 7) is -0.655. The number of rotatable bonds is 7. The number of hydrogen-bond donors (Lipinski definition) is 1. The van der Waals surface area contributed by atoms with Crippen LogP contribution in [0.3, 0.4) is 0 Å². The van der Waals surface area contributed by atoms with Gasteiger partial charge >= 0.3 is 5.97 Å². The molecule has 9 heteroatoms. The molecule has 0 spiro atoms. The molecule has 0 atom stereocenters. The third-order valence-electron chi connectivity index (χ3n) is 1.14. The van der Waals surface area contributed by atoms with Crippen LogP contribution in [0.5, 0.6) is 0 Å². The van der Waals surface area contributed by atoms with Crippen LogP contribution in [0.1, 0.15) is 0 Å². The molecule has 0 saturated heterocycles. The number of carboxylic acid groups (broad SMARTS) is 1. The zero-order chi connectivity index (χ0) is 10.8. The molecule has 0 aliphatic heterocycles. The average Bonchev–Trinajstić information content (AvgIpc) is 2.16. The minimum atomic E-state index is -1.14. The van der Waals surface area contributed by atoms with Crippen molar-refractivity contribution in [3.8, 4) is 0 Å². The van der Waals surface area contributed by atoms with Gasteiger partial charge in [0.05, 0.1) is 19.2 Å². The van der Waals surface area contributed by atoms with Crippen molar-refractivity contribution in [1.29, 1.82) is 0 Å². The lowest BCUT2D eigenvalue weighted by atomic mass is 10.3. The van der Waals surface area contributed by atoms with Crippen molar-refractivity contribution in [3.63, 3.8) is 0 Å². The lowest BCUT2D eigenvalue weighted by Crippen LogP contribution is -2.23. The monoisotopic (exact) mass is 200 g/mol. The Hall–Kier alpha value is -1.95. The van der Waals surface area contributed by atoms with Crippen molar-refractivity contribution >= 4 is 5.97 Å². The normalized spacial score (nSPS) is 10.9. The SMILES string of the molecule is [N-]=[N+]=NCC(CN=[N+]=[N-])OCC(=O)O. The van der Waals surface area contributed by atoms with Gasteiger partial charge in [-0.25, -0.2) is 4.79 Å². The van der Waals surface area contributed by atoms with E-state index in [1.165, 1.54) is 0 Å². The summed E-state index contributed by atoms with van der Waals surface area (Å²) in [6.07, 6.45) is -0.696. The van der Waals surface area contributed by atoms with Gasteiger partial charge in [0, 0.05) is 9.82 Å². The molecule has 0 aromatic carbocycles. The quantitative estimate of drug-likeness (QED) is 0.372. The zero-order valence-electron chi connectivity index (χ0n) is 7.15. The third-order valence-corrected chi connectivity index (χ3v) is 1.14. The Bertz CT molecular complexity index is 259. The molecule has 9 nitrogen and oxygen atoms in total. The molecular weight excluding hydrogens is 192 g/mol. The van der Waals surface area contributed by atoms with E-state index in [9.17, 15) is 4.79 Å². The summed E-state index contributed by atoms with van der Waals surface area (Å²) in [5, 5.41) is 14.6. The van der Waals surface area contributed by atoms with Gasteiger partial charge in [-0.2, -0.15) is 0 Å². The molecular formula is C5H8N6O3.